The van der Waals surface area contributed by atoms with E-state index < -0.39 is 7.60 Å². The zero-order valence-electron chi connectivity index (χ0n) is 11.2. The number of nitrogens with zero attached hydrogens (tertiary/aromatic N) is 3. The van der Waals surface area contributed by atoms with Crippen LogP contribution in [0.15, 0.2) is 34.9 Å². The van der Waals surface area contributed by atoms with Gasteiger partial charge in [0.15, 0.2) is 0 Å². The number of hydrogen-bond acceptors (Lipinski definition) is 5. The highest BCUT2D eigenvalue weighted by atomic mass is 79.9. The minimum Gasteiger partial charge on any atom is -0.309 e. The summed E-state index contributed by atoms with van der Waals surface area (Å²) in [6, 6.07) is 7.67. The number of rotatable bonds is 6. The van der Waals surface area contributed by atoms with Crippen molar-refractivity contribution in [1.82, 2.24) is 15.0 Å². The molecule has 6 nitrogen and oxygen atoms in total. The maximum absolute atomic E-state index is 11.8. The molecule has 1 unspecified atom stereocenters. The lowest BCUT2D eigenvalue weighted by molar-refractivity contribution is 0.207. The molecule has 8 heteroatoms. The van der Waals surface area contributed by atoms with E-state index in [1.807, 2.05) is 24.3 Å². The van der Waals surface area contributed by atoms with Gasteiger partial charge in [-0.05, 0) is 25.1 Å². The van der Waals surface area contributed by atoms with Crippen molar-refractivity contribution in [3.8, 4) is 5.69 Å². The molecule has 0 amide bonds. The van der Waals surface area contributed by atoms with E-state index in [0.717, 1.165) is 10.2 Å². The summed E-state index contributed by atoms with van der Waals surface area (Å²) in [5, 5.41) is 7.99. The van der Waals surface area contributed by atoms with Crippen LogP contribution in [0, 0.1) is 0 Å². The third kappa shape index (κ3) is 4.24. The molecule has 0 saturated carbocycles. The molecule has 0 fully saturated rings. The minimum atomic E-state index is -3.01. The van der Waals surface area contributed by atoms with E-state index in [0.29, 0.717) is 12.3 Å². The summed E-state index contributed by atoms with van der Waals surface area (Å²) in [5.41, 5.74) is 1.47. The molecule has 1 heterocycles. The fourth-order valence-corrected chi connectivity index (χ4v) is 2.86. The lowest BCUT2D eigenvalue weighted by atomic mass is 10.3. The molecular weight excluding hydrogens is 345 g/mol. The number of hydrogen-bond donors (Lipinski definition) is 0. The monoisotopic (exact) mass is 359 g/mol. The number of benzene rings is 1. The van der Waals surface area contributed by atoms with Crippen LogP contribution < -0.4 is 0 Å². The molecule has 2 rings (SSSR count). The molecular formula is C12H15BrN3O3P. The van der Waals surface area contributed by atoms with Crippen LogP contribution in [0.4, 0.5) is 0 Å². The summed E-state index contributed by atoms with van der Waals surface area (Å²) in [4.78, 5) is 0. The Balaban J connectivity index is 2.04. The molecule has 108 valence electrons. The molecule has 1 aromatic carbocycles. The SMILES string of the molecule is CCOP(C)(=O)OCc1cn(-c2cccc(Br)c2)nn1. The van der Waals surface area contributed by atoms with E-state index >= 15 is 0 Å². The third-order valence-corrected chi connectivity index (χ3v) is 4.24. The van der Waals surface area contributed by atoms with E-state index in [1.165, 1.54) is 6.66 Å². The van der Waals surface area contributed by atoms with E-state index in [4.69, 9.17) is 9.05 Å². The quantitative estimate of drug-likeness (QED) is 0.739. The first-order chi connectivity index (χ1) is 9.50. The fourth-order valence-electron chi connectivity index (χ4n) is 1.56. The molecule has 0 aliphatic carbocycles. The Morgan fingerprint density at radius 2 is 2.20 bits per heavy atom. The lowest BCUT2D eigenvalue weighted by Crippen LogP contribution is -1.95. The van der Waals surface area contributed by atoms with Crippen LogP contribution >= 0.6 is 23.5 Å². The van der Waals surface area contributed by atoms with Gasteiger partial charge in [-0.15, -0.1) is 5.10 Å². The van der Waals surface area contributed by atoms with Gasteiger partial charge in [0.2, 0.25) is 0 Å². The average molecular weight is 360 g/mol. The highest BCUT2D eigenvalue weighted by molar-refractivity contribution is 9.10. The second kappa shape index (κ2) is 6.63. The smallest absolute Gasteiger partial charge is 0.309 e. The van der Waals surface area contributed by atoms with Gasteiger partial charge in [-0.25, -0.2) is 4.68 Å². The Morgan fingerprint density at radius 1 is 1.40 bits per heavy atom. The number of halogens is 1. The van der Waals surface area contributed by atoms with Gasteiger partial charge >= 0.3 is 7.60 Å². The van der Waals surface area contributed by atoms with Crippen LogP contribution in [0.25, 0.3) is 5.69 Å². The Labute approximate surface area is 125 Å². The molecule has 0 aliphatic rings. The molecule has 20 heavy (non-hydrogen) atoms. The Hall–Kier alpha value is -1.01. The van der Waals surface area contributed by atoms with Crippen LogP contribution in [0.2, 0.25) is 0 Å². The molecule has 0 saturated heterocycles. The van der Waals surface area contributed by atoms with Crippen molar-refractivity contribution in [2.45, 2.75) is 13.5 Å². The molecule has 2 aromatic rings. The zero-order chi connectivity index (χ0) is 14.6. The second-order valence-electron chi connectivity index (χ2n) is 4.10. The molecule has 0 N–H and O–H groups in total. The largest absolute Gasteiger partial charge is 0.328 e. The summed E-state index contributed by atoms with van der Waals surface area (Å²) in [6.07, 6.45) is 1.73. The van der Waals surface area contributed by atoms with Gasteiger partial charge in [-0.1, -0.05) is 27.2 Å². The molecule has 1 atom stereocenters. The minimum absolute atomic E-state index is 0.0990. The molecule has 0 bridgehead atoms. The first-order valence-corrected chi connectivity index (χ1v) is 8.82. The van der Waals surface area contributed by atoms with E-state index in [9.17, 15) is 4.57 Å². The van der Waals surface area contributed by atoms with Crippen molar-refractivity contribution < 1.29 is 13.6 Å². The fraction of sp³-hybridized carbons (Fsp3) is 0.333. The topological polar surface area (TPSA) is 66.2 Å². The summed E-state index contributed by atoms with van der Waals surface area (Å²) in [7, 11) is -3.01. The Kier molecular flexibility index (Phi) is 5.10. The summed E-state index contributed by atoms with van der Waals surface area (Å²) >= 11 is 3.40. The van der Waals surface area contributed by atoms with E-state index in [1.54, 1.807) is 17.8 Å². The standard InChI is InChI=1S/C12H15BrN3O3P/c1-3-18-20(2,17)19-9-11-8-16(15-14-11)12-6-4-5-10(13)7-12/h4-8H,3,9H2,1-2H3. The normalized spacial score (nSPS) is 14.2. The highest BCUT2D eigenvalue weighted by Crippen LogP contribution is 2.44. The van der Waals surface area contributed by atoms with Gasteiger partial charge in [0.25, 0.3) is 0 Å². The van der Waals surface area contributed by atoms with Gasteiger partial charge < -0.3 is 9.05 Å². The second-order valence-corrected chi connectivity index (χ2v) is 7.07. The van der Waals surface area contributed by atoms with Gasteiger partial charge in [0.1, 0.15) is 12.3 Å². The van der Waals surface area contributed by atoms with Crippen molar-refractivity contribution in [2.75, 3.05) is 13.3 Å². The van der Waals surface area contributed by atoms with Crippen LogP contribution in [0.3, 0.4) is 0 Å². The molecule has 0 radical (unpaired) electrons. The Bertz CT molecular complexity index is 632. The van der Waals surface area contributed by atoms with Crippen molar-refractivity contribution in [2.24, 2.45) is 0 Å². The van der Waals surface area contributed by atoms with Crippen molar-refractivity contribution >= 4 is 23.5 Å². The van der Waals surface area contributed by atoms with Gasteiger partial charge in [0, 0.05) is 11.1 Å². The van der Waals surface area contributed by atoms with Crippen molar-refractivity contribution in [1.29, 1.82) is 0 Å². The first kappa shape index (κ1) is 15.4. The molecule has 0 spiro atoms. The van der Waals surface area contributed by atoms with Gasteiger partial charge in [-0.2, -0.15) is 0 Å². The van der Waals surface area contributed by atoms with E-state index in [-0.39, 0.29) is 6.61 Å². The maximum Gasteiger partial charge on any atom is 0.328 e. The van der Waals surface area contributed by atoms with E-state index in [2.05, 4.69) is 26.2 Å². The number of aromatic nitrogens is 3. The predicted molar refractivity (Wildman–Crippen MR) is 79.0 cm³/mol. The maximum atomic E-state index is 11.8. The zero-order valence-corrected chi connectivity index (χ0v) is 13.7. The van der Waals surface area contributed by atoms with Gasteiger partial charge in [-0.3, -0.25) is 4.57 Å². The highest BCUT2D eigenvalue weighted by Gasteiger charge is 2.17. The predicted octanol–water partition coefficient (Wildman–Crippen LogP) is 3.41. The van der Waals surface area contributed by atoms with Crippen LogP contribution in [-0.4, -0.2) is 28.3 Å². The van der Waals surface area contributed by atoms with Crippen LogP contribution in [0.5, 0.6) is 0 Å². The first-order valence-electron chi connectivity index (χ1n) is 6.04. The summed E-state index contributed by atoms with van der Waals surface area (Å²) in [5.74, 6) is 0. The third-order valence-electron chi connectivity index (χ3n) is 2.42. The lowest BCUT2D eigenvalue weighted by Gasteiger charge is -2.11. The van der Waals surface area contributed by atoms with Crippen molar-refractivity contribution in [3.63, 3.8) is 0 Å². The molecule has 1 aromatic heterocycles. The van der Waals surface area contributed by atoms with Crippen LogP contribution in [-0.2, 0) is 20.2 Å². The summed E-state index contributed by atoms with van der Waals surface area (Å²) < 4.78 is 24.7. The van der Waals surface area contributed by atoms with Gasteiger partial charge in [0.05, 0.1) is 18.5 Å². The van der Waals surface area contributed by atoms with Crippen LogP contribution in [0.1, 0.15) is 12.6 Å². The Morgan fingerprint density at radius 3 is 2.90 bits per heavy atom. The molecule has 0 aliphatic heterocycles. The average Bonchev–Trinajstić information content (AvgIpc) is 2.85. The summed E-state index contributed by atoms with van der Waals surface area (Å²) in [6.45, 7) is 3.65. The van der Waals surface area contributed by atoms with Crippen molar-refractivity contribution in [3.05, 3.63) is 40.6 Å².